The normalized spacial score (nSPS) is 22.1. The molecule has 0 amide bonds. The summed E-state index contributed by atoms with van der Waals surface area (Å²) in [6.07, 6.45) is 5.84. The lowest BCUT2D eigenvalue weighted by atomic mass is 9.73. The Morgan fingerprint density at radius 2 is 1.64 bits per heavy atom. The molecule has 0 fully saturated rings. The maximum atomic E-state index is 9.45. The topological polar surface area (TPSA) is 43.7 Å². The first-order valence-electron chi connectivity index (χ1n) is 7.45. The number of para-hydroxylation sites is 2. The molecule has 22 heavy (non-hydrogen) atoms. The third kappa shape index (κ3) is 2.00. The van der Waals surface area contributed by atoms with Crippen LogP contribution in [0.5, 0.6) is 0 Å². The smallest absolute Gasteiger partial charge is 0.423 e. The van der Waals surface area contributed by atoms with E-state index in [9.17, 15) is 10.0 Å². The van der Waals surface area contributed by atoms with Crippen LogP contribution in [-0.2, 0) is 0 Å². The number of allylic oxidation sites excluding steroid dienone is 2. The van der Waals surface area contributed by atoms with Gasteiger partial charge in [-0.2, -0.15) is 0 Å². The molecule has 1 aliphatic carbocycles. The second kappa shape index (κ2) is 5.16. The van der Waals surface area contributed by atoms with Crippen LogP contribution in [0, 0.1) is 0 Å². The van der Waals surface area contributed by atoms with Crippen LogP contribution in [0.1, 0.15) is 11.5 Å². The average molecular weight is 289 g/mol. The zero-order valence-corrected chi connectivity index (χ0v) is 12.0. The number of hydrogen-bond donors (Lipinski definition) is 2. The highest BCUT2D eigenvalue weighted by molar-refractivity contribution is 6.51. The van der Waals surface area contributed by atoms with Gasteiger partial charge in [0.05, 0.1) is 6.04 Å². The minimum absolute atomic E-state index is 0.137. The number of hydrogen-bond acceptors (Lipinski definition) is 3. The van der Waals surface area contributed by atoms with E-state index in [-0.39, 0.29) is 12.0 Å². The van der Waals surface area contributed by atoms with Crippen LogP contribution >= 0.6 is 0 Å². The summed E-state index contributed by atoms with van der Waals surface area (Å²) in [5, 5.41) is 18.9. The average Bonchev–Trinajstić information content (AvgIpc) is 2.89. The van der Waals surface area contributed by atoms with Crippen LogP contribution in [0.15, 0.2) is 78.3 Å². The number of benzene rings is 2. The summed E-state index contributed by atoms with van der Waals surface area (Å²) >= 11 is 0. The fourth-order valence-electron chi connectivity index (χ4n) is 3.43. The SMILES string of the molecule is OB(O)C1=CC2c3ccccc3N(c3ccccc3)C2C=C1. The summed E-state index contributed by atoms with van der Waals surface area (Å²) in [5.74, 6) is 0.137. The van der Waals surface area contributed by atoms with Crippen molar-refractivity contribution in [2.45, 2.75) is 12.0 Å². The van der Waals surface area contributed by atoms with Crippen molar-refractivity contribution in [2.24, 2.45) is 0 Å². The molecule has 0 saturated heterocycles. The molecule has 4 rings (SSSR count). The second-order valence-electron chi connectivity index (χ2n) is 5.68. The van der Waals surface area contributed by atoms with Crippen molar-refractivity contribution in [1.29, 1.82) is 0 Å². The fourth-order valence-corrected chi connectivity index (χ4v) is 3.43. The number of nitrogens with zero attached hydrogens (tertiary/aromatic N) is 1. The Morgan fingerprint density at radius 1 is 0.909 bits per heavy atom. The third-order valence-corrected chi connectivity index (χ3v) is 4.41. The van der Waals surface area contributed by atoms with Gasteiger partial charge in [0.15, 0.2) is 0 Å². The molecular weight excluding hydrogens is 273 g/mol. The Hall–Kier alpha value is -2.30. The Kier molecular flexibility index (Phi) is 3.14. The molecular formula is C18H16BNO2. The minimum atomic E-state index is -1.42. The van der Waals surface area contributed by atoms with Gasteiger partial charge in [-0.15, -0.1) is 0 Å². The van der Waals surface area contributed by atoms with Crippen molar-refractivity contribution in [3.8, 4) is 0 Å². The molecule has 2 aromatic carbocycles. The standard InChI is InChI=1S/C18H16BNO2/c21-19(22)13-10-11-18-16(12-13)15-8-4-5-9-17(15)20(18)14-6-2-1-3-7-14/h1-12,16,18,21-22H. The third-order valence-electron chi connectivity index (χ3n) is 4.41. The molecule has 1 aliphatic heterocycles. The fraction of sp³-hybridized carbons (Fsp3) is 0.111. The van der Waals surface area contributed by atoms with Gasteiger partial charge in [0, 0.05) is 17.3 Å². The van der Waals surface area contributed by atoms with Gasteiger partial charge < -0.3 is 14.9 Å². The zero-order chi connectivity index (χ0) is 15.1. The van der Waals surface area contributed by atoms with E-state index in [1.807, 2.05) is 42.5 Å². The molecule has 4 heteroatoms. The molecule has 2 N–H and O–H groups in total. The monoisotopic (exact) mass is 289 g/mol. The van der Waals surface area contributed by atoms with Crippen LogP contribution in [-0.4, -0.2) is 23.2 Å². The quantitative estimate of drug-likeness (QED) is 0.836. The van der Waals surface area contributed by atoms with Gasteiger partial charge in [0.2, 0.25) is 0 Å². The van der Waals surface area contributed by atoms with Crippen molar-refractivity contribution >= 4 is 18.5 Å². The van der Waals surface area contributed by atoms with E-state index in [2.05, 4.69) is 35.2 Å². The van der Waals surface area contributed by atoms with Crippen molar-refractivity contribution in [2.75, 3.05) is 4.90 Å². The van der Waals surface area contributed by atoms with Gasteiger partial charge in [-0.1, -0.05) is 54.6 Å². The maximum absolute atomic E-state index is 9.45. The summed E-state index contributed by atoms with van der Waals surface area (Å²) < 4.78 is 0. The van der Waals surface area contributed by atoms with Crippen LogP contribution in [0.2, 0.25) is 0 Å². The first-order valence-corrected chi connectivity index (χ1v) is 7.45. The lowest BCUT2D eigenvalue weighted by Gasteiger charge is -2.29. The van der Waals surface area contributed by atoms with Gasteiger partial charge in [0.25, 0.3) is 0 Å². The molecule has 1 heterocycles. The van der Waals surface area contributed by atoms with E-state index < -0.39 is 7.12 Å². The highest BCUT2D eigenvalue weighted by Crippen LogP contribution is 2.47. The molecule has 0 radical (unpaired) electrons. The Bertz CT molecular complexity index is 755. The molecule has 0 saturated carbocycles. The van der Waals surface area contributed by atoms with Gasteiger partial charge in [-0.25, -0.2) is 0 Å². The number of rotatable bonds is 2. The Morgan fingerprint density at radius 3 is 2.41 bits per heavy atom. The van der Waals surface area contributed by atoms with E-state index in [0.717, 1.165) is 5.69 Å². The van der Waals surface area contributed by atoms with Gasteiger partial charge in [0.1, 0.15) is 0 Å². The van der Waals surface area contributed by atoms with E-state index in [4.69, 9.17) is 0 Å². The summed E-state index contributed by atoms with van der Waals surface area (Å²) in [6.45, 7) is 0. The molecule has 108 valence electrons. The lowest BCUT2D eigenvalue weighted by molar-refractivity contribution is 0.420. The van der Waals surface area contributed by atoms with Gasteiger partial charge in [-0.05, 0) is 29.2 Å². The molecule has 2 aliphatic rings. The molecule has 2 aromatic rings. The van der Waals surface area contributed by atoms with Crippen molar-refractivity contribution in [3.05, 3.63) is 83.9 Å². The Balaban J connectivity index is 1.85. The largest absolute Gasteiger partial charge is 0.488 e. The van der Waals surface area contributed by atoms with Crippen LogP contribution in [0.25, 0.3) is 0 Å². The highest BCUT2D eigenvalue weighted by Gasteiger charge is 2.38. The zero-order valence-electron chi connectivity index (χ0n) is 12.0. The van der Waals surface area contributed by atoms with Crippen molar-refractivity contribution in [3.63, 3.8) is 0 Å². The summed E-state index contributed by atoms with van der Waals surface area (Å²) in [5.41, 5.74) is 4.11. The molecule has 2 atom stereocenters. The Labute approximate surface area is 130 Å². The van der Waals surface area contributed by atoms with E-state index in [1.54, 1.807) is 0 Å². The van der Waals surface area contributed by atoms with Crippen molar-refractivity contribution < 1.29 is 10.0 Å². The molecule has 2 unspecified atom stereocenters. The molecule has 0 bridgehead atoms. The summed E-state index contributed by atoms with van der Waals surface area (Å²) in [6, 6.07) is 18.8. The van der Waals surface area contributed by atoms with Gasteiger partial charge >= 0.3 is 7.12 Å². The van der Waals surface area contributed by atoms with Crippen LogP contribution < -0.4 is 4.90 Å². The first-order chi connectivity index (χ1) is 10.8. The molecule has 3 nitrogen and oxygen atoms in total. The van der Waals surface area contributed by atoms with Crippen LogP contribution in [0.4, 0.5) is 11.4 Å². The molecule has 0 aromatic heterocycles. The summed E-state index contributed by atoms with van der Waals surface area (Å²) in [7, 11) is -1.42. The van der Waals surface area contributed by atoms with Crippen molar-refractivity contribution in [1.82, 2.24) is 0 Å². The lowest BCUT2D eigenvalue weighted by Crippen LogP contribution is -2.30. The minimum Gasteiger partial charge on any atom is -0.423 e. The van der Waals surface area contributed by atoms with Crippen LogP contribution in [0.3, 0.4) is 0 Å². The molecule has 0 spiro atoms. The second-order valence-corrected chi connectivity index (χ2v) is 5.68. The number of fused-ring (bicyclic) bond motifs is 3. The predicted molar refractivity (Wildman–Crippen MR) is 89.0 cm³/mol. The van der Waals surface area contributed by atoms with E-state index in [0.29, 0.717) is 5.47 Å². The van der Waals surface area contributed by atoms with Gasteiger partial charge in [-0.3, -0.25) is 0 Å². The predicted octanol–water partition coefficient (Wildman–Crippen LogP) is 2.80. The first kappa shape index (κ1) is 13.4. The van der Waals surface area contributed by atoms with E-state index in [1.165, 1.54) is 11.3 Å². The van der Waals surface area contributed by atoms with E-state index >= 15 is 0 Å². The summed E-state index contributed by atoms with van der Waals surface area (Å²) in [4.78, 5) is 2.31. The highest BCUT2D eigenvalue weighted by atomic mass is 16.4. The maximum Gasteiger partial charge on any atom is 0.488 e. The number of anilines is 2.